The second kappa shape index (κ2) is 5.60. The van der Waals surface area contributed by atoms with Crippen LogP contribution in [-0.4, -0.2) is 43.6 Å². The molecule has 0 aromatic heterocycles. The summed E-state index contributed by atoms with van der Waals surface area (Å²) in [6, 6.07) is 0. The molecule has 1 spiro atoms. The minimum atomic E-state index is -2.84. The molecule has 5 heteroatoms. The first kappa shape index (κ1) is 16.8. The third-order valence-corrected chi connectivity index (χ3v) is 4.63. The number of halogens is 2. The van der Waals surface area contributed by atoms with Crippen LogP contribution in [0.15, 0.2) is 11.6 Å². The maximum absolute atomic E-state index is 14.2. The molecule has 0 amide bonds. The molecular formula is C16H26F2O3. The van der Waals surface area contributed by atoms with Gasteiger partial charge in [-0.1, -0.05) is 11.6 Å². The summed E-state index contributed by atoms with van der Waals surface area (Å²) >= 11 is 0. The molecule has 0 unspecified atom stereocenters. The molecule has 0 aromatic rings. The third kappa shape index (κ3) is 3.30. The molecule has 0 bridgehead atoms. The topological polar surface area (TPSA) is 31.0 Å². The molecule has 1 aliphatic carbocycles. The van der Waals surface area contributed by atoms with E-state index in [0.29, 0.717) is 19.6 Å². The number of hydrogen-bond donors (Lipinski definition) is 0. The summed E-state index contributed by atoms with van der Waals surface area (Å²) in [5.74, 6) is -3.32. The lowest BCUT2D eigenvalue weighted by molar-refractivity contribution is -0.227. The molecule has 2 fully saturated rings. The van der Waals surface area contributed by atoms with E-state index in [2.05, 4.69) is 0 Å². The van der Waals surface area contributed by atoms with Crippen molar-refractivity contribution in [2.45, 2.75) is 63.8 Å². The van der Waals surface area contributed by atoms with E-state index in [0.717, 1.165) is 5.57 Å². The molecule has 2 aliphatic rings. The van der Waals surface area contributed by atoms with Crippen LogP contribution >= 0.6 is 0 Å². The van der Waals surface area contributed by atoms with Crippen LogP contribution in [0.2, 0.25) is 0 Å². The number of rotatable bonds is 5. The van der Waals surface area contributed by atoms with E-state index in [-0.39, 0.29) is 6.42 Å². The van der Waals surface area contributed by atoms with Crippen LogP contribution < -0.4 is 0 Å². The van der Waals surface area contributed by atoms with Gasteiger partial charge in [-0.3, -0.25) is 0 Å². The Morgan fingerprint density at radius 1 is 1.33 bits per heavy atom. The summed E-state index contributed by atoms with van der Waals surface area (Å²) in [5.41, 5.74) is -0.107. The average Bonchev–Trinajstić information content (AvgIpc) is 3.11. The van der Waals surface area contributed by atoms with Gasteiger partial charge in [-0.2, -0.15) is 0 Å². The summed E-state index contributed by atoms with van der Waals surface area (Å²) < 4.78 is 45.1. The summed E-state index contributed by atoms with van der Waals surface area (Å²) in [6.45, 7) is 8.59. The SMILES string of the molecule is CO[C@H]1[C@H](C(C)(C)OCC=C(C)C)[C@]2(CCC1(F)F)CO2. The smallest absolute Gasteiger partial charge is 0.274 e. The zero-order valence-electron chi connectivity index (χ0n) is 13.5. The maximum atomic E-state index is 14.2. The average molecular weight is 304 g/mol. The number of epoxide rings is 1. The lowest BCUT2D eigenvalue weighted by atomic mass is 9.68. The quantitative estimate of drug-likeness (QED) is 0.574. The van der Waals surface area contributed by atoms with Crippen molar-refractivity contribution in [1.82, 2.24) is 0 Å². The van der Waals surface area contributed by atoms with E-state index >= 15 is 0 Å². The molecular weight excluding hydrogens is 278 g/mol. The minimum Gasteiger partial charge on any atom is -0.375 e. The number of hydrogen-bond acceptors (Lipinski definition) is 3. The van der Waals surface area contributed by atoms with Crippen LogP contribution in [0.4, 0.5) is 8.78 Å². The standard InChI is InChI=1S/C16H26F2O3/c1-11(2)6-9-20-14(3,4)12-13(19-5)16(17,18)8-7-15(12)10-21-15/h6,12-13H,7-10H2,1-5H3/t12-,13+,15+/m1/s1. The van der Waals surface area contributed by atoms with Crippen molar-refractivity contribution in [2.75, 3.05) is 20.3 Å². The van der Waals surface area contributed by atoms with Gasteiger partial charge in [0.15, 0.2) is 0 Å². The number of alkyl halides is 2. The molecule has 21 heavy (non-hydrogen) atoms. The highest BCUT2D eigenvalue weighted by atomic mass is 19.3. The predicted octanol–water partition coefficient (Wildman–Crippen LogP) is 3.58. The van der Waals surface area contributed by atoms with Gasteiger partial charge in [-0.15, -0.1) is 0 Å². The van der Waals surface area contributed by atoms with E-state index in [1.165, 1.54) is 7.11 Å². The van der Waals surface area contributed by atoms with Crippen LogP contribution in [-0.2, 0) is 14.2 Å². The van der Waals surface area contributed by atoms with Gasteiger partial charge in [-0.25, -0.2) is 8.78 Å². The van der Waals surface area contributed by atoms with Crippen molar-refractivity contribution in [1.29, 1.82) is 0 Å². The molecule has 1 saturated carbocycles. The van der Waals surface area contributed by atoms with Gasteiger partial charge < -0.3 is 14.2 Å². The minimum absolute atomic E-state index is 0.188. The fourth-order valence-electron chi connectivity index (χ4n) is 3.43. The van der Waals surface area contributed by atoms with Crippen molar-refractivity contribution in [3.05, 3.63) is 11.6 Å². The first-order chi connectivity index (χ1) is 9.65. The molecule has 0 aromatic carbocycles. The van der Waals surface area contributed by atoms with Crippen molar-refractivity contribution < 1.29 is 23.0 Å². The van der Waals surface area contributed by atoms with Crippen LogP contribution in [0, 0.1) is 5.92 Å². The summed E-state index contributed by atoms with van der Waals surface area (Å²) in [7, 11) is 1.35. The Labute approximate surface area is 125 Å². The van der Waals surface area contributed by atoms with Crippen molar-refractivity contribution in [3.63, 3.8) is 0 Å². The summed E-state index contributed by atoms with van der Waals surface area (Å²) in [5, 5.41) is 0. The Kier molecular flexibility index (Phi) is 4.49. The first-order valence-electron chi connectivity index (χ1n) is 7.46. The van der Waals surface area contributed by atoms with Gasteiger partial charge in [0.25, 0.3) is 5.92 Å². The number of allylic oxidation sites excluding steroid dienone is 1. The molecule has 0 radical (unpaired) electrons. The van der Waals surface area contributed by atoms with E-state index < -0.39 is 29.1 Å². The van der Waals surface area contributed by atoms with Gasteiger partial charge in [0.2, 0.25) is 0 Å². The van der Waals surface area contributed by atoms with E-state index in [9.17, 15) is 8.78 Å². The lowest BCUT2D eigenvalue weighted by Gasteiger charge is -2.47. The summed E-state index contributed by atoms with van der Waals surface area (Å²) in [4.78, 5) is 0. The van der Waals surface area contributed by atoms with Gasteiger partial charge in [0.05, 0.1) is 24.7 Å². The second-order valence-corrected chi connectivity index (χ2v) is 6.94. The predicted molar refractivity (Wildman–Crippen MR) is 76.6 cm³/mol. The van der Waals surface area contributed by atoms with Crippen LogP contribution in [0.1, 0.15) is 40.5 Å². The molecule has 0 N–H and O–H groups in total. The Morgan fingerprint density at radius 2 is 1.95 bits per heavy atom. The largest absolute Gasteiger partial charge is 0.375 e. The molecule has 2 rings (SSSR count). The number of methoxy groups -OCH3 is 1. The maximum Gasteiger partial charge on any atom is 0.274 e. The monoisotopic (exact) mass is 304 g/mol. The zero-order valence-corrected chi connectivity index (χ0v) is 13.5. The Hall–Kier alpha value is -0.520. The van der Waals surface area contributed by atoms with E-state index in [1.807, 2.05) is 33.8 Å². The van der Waals surface area contributed by atoms with E-state index in [4.69, 9.17) is 14.2 Å². The molecule has 1 saturated heterocycles. The normalized spacial score (nSPS) is 34.8. The number of ether oxygens (including phenoxy) is 3. The third-order valence-electron chi connectivity index (χ3n) is 4.63. The molecule has 1 heterocycles. The van der Waals surface area contributed by atoms with Gasteiger partial charge in [-0.05, 0) is 34.1 Å². The first-order valence-corrected chi connectivity index (χ1v) is 7.46. The zero-order chi connectivity index (χ0) is 15.9. The van der Waals surface area contributed by atoms with Gasteiger partial charge in [0.1, 0.15) is 11.7 Å². The van der Waals surface area contributed by atoms with Crippen molar-refractivity contribution in [2.24, 2.45) is 5.92 Å². The van der Waals surface area contributed by atoms with Crippen LogP contribution in [0.5, 0.6) is 0 Å². The fourth-order valence-corrected chi connectivity index (χ4v) is 3.43. The van der Waals surface area contributed by atoms with E-state index in [1.54, 1.807) is 0 Å². The Balaban J connectivity index is 2.21. The van der Waals surface area contributed by atoms with Gasteiger partial charge in [0, 0.05) is 13.5 Å². The van der Waals surface area contributed by atoms with Crippen molar-refractivity contribution >= 4 is 0 Å². The highest BCUT2D eigenvalue weighted by Gasteiger charge is 2.68. The molecule has 122 valence electrons. The van der Waals surface area contributed by atoms with Crippen LogP contribution in [0.25, 0.3) is 0 Å². The highest BCUT2D eigenvalue weighted by molar-refractivity contribution is 5.14. The van der Waals surface area contributed by atoms with Gasteiger partial charge >= 0.3 is 0 Å². The highest BCUT2D eigenvalue weighted by Crippen LogP contribution is 2.56. The Bertz CT molecular complexity index is 410. The molecule has 3 nitrogen and oxygen atoms in total. The molecule has 3 atom stereocenters. The van der Waals surface area contributed by atoms with Crippen molar-refractivity contribution in [3.8, 4) is 0 Å². The lowest BCUT2D eigenvalue weighted by Crippen LogP contribution is -2.60. The molecule has 1 aliphatic heterocycles. The second-order valence-electron chi connectivity index (χ2n) is 6.94. The van der Waals surface area contributed by atoms with Crippen LogP contribution in [0.3, 0.4) is 0 Å². The summed E-state index contributed by atoms with van der Waals surface area (Å²) in [6.07, 6.45) is 0.951. The Morgan fingerprint density at radius 3 is 2.43 bits per heavy atom. The fraction of sp³-hybridized carbons (Fsp3) is 0.875.